The fourth-order valence-electron chi connectivity index (χ4n) is 4.33. The number of carboxylic acid groups (broad SMARTS) is 1. The summed E-state index contributed by atoms with van der Waals surface area (Å²) < 4.78 is 0. The number of amides is 1. The number of H-pyrrole nitrogens is 1. The summed E-state index contributed by atoms with van der Waals surface area (Å²) in [5.74, 6) is 2.81. The normalized spacial score (nSPS) is 18.5. The third-order valence-corrected chi connectivity index (χ3v) is 6.11. The lowest BCUT2D eigenvalue weighted by atomic mass is 9.90. The molecular formula is C22H27N5O4. The van der Waals surface area contributed by atoms with E-state index in [4.69, 9.17) is 14.9 Å². The summed E-state index contributed by atoms with van der Waals surface area (Å²) in [4.78, 5) is 46.6. The van der Waals surface area contributed by atoms with E-state index in [1.165, 1.54) is 5.56 Å². The van der Waals surface area contributed by atoms with Crippen molar-refractivity contribution >= 4 is 18.2 Å². The first-order chi connectivity index (χ1) is 15.1. The number of aromatic nitrogens is 3. The molecule has 1 aliphatic carbocycles. The molecular weight excluding hydrogens is 398 g/mol. The van der Waals surface area contributed by atoms with E-state index >= 15 is 0 Å². The number of fused-ring (bicyclic) bond motifs is 1. The van der Waals surface area contributed by atoms with Gasteiger partial charge in [0.15, 0.2) is 0 Å². The number of aromatic amines is 1. The van der Waals surface area contributed by atoms with Crippen molar-refractivity contribution in [2.75, 3.05) is 24.5 Å². The van der Waals surface area contributed by atoms with E-state index in [-0.39, 0.29) is 17.9 Å². The van der Waals surface area contributed by atoms with Gasteiger partial charge in [-0.05, 0) is 50.0 Å². The summed E-state index contributed by atoms with van der Waals surface area (Å²) in [7, 11) is 0. The fourth-order valence-corrected chi connectivity index (χ4v) is 4.33. The Morgan fingerprint density at radius 1 is 1.13 bits per heavy atom. The highest BCUT2D eigenvalue weighted by Gasteiger charge is 2.33. The van der Waals surface area contributed by atoms with Crippen molar-refractivity contribution < 1.29 is 14.7 Å². The predicted octanol–water partition coefficient (Wildman–Crippen LogP) is 1.49. The molecule has 2 aromatic heterocycles. The fraction of sp³-hybridized carbons (Fsp3) is 0.500. The number of rotatable bonds is 4. The van der Waals surface area contributed by atoms with Crippen LogP contribution in [0.5, 0.6) is 0 Å². The van der Waals surface area contributed by atoms with E-state index < -0.39 is 0 Å². The number of hydrogen-bond acceptors (Lipinski definition) is 6. The van der Waals surface area contributed by atoms with Crippen LogP contribution in [0, 0.1) is 5.92 Å². The predicted molar refractivity (Wildman–Crippen MR) is 114 cm³/mol. The molecule has 0 aromatic carbocycles. The van der Waals surface area contributed by atoms with E-state index in [0.717, 1.165) is 68.8 Å². The van der Waals surface area contributed by atoms with E-state index in [1.807, 2.05) is 12.3 Å². The van der Waals surface area contributed by atoms with Crippen molar-refractivity contribution in [2.24, 2.45) is 5.92 Å². The third-order valence-electron chi connectivity index (χ3n) is 6.11. The van der Waals surface area contributed by atoms with Crippen LogP contribution in [0.25, 0.3) is 0 Å². The number of nitrogens with zero attached hydrogens (tertiary/aromatic N) is 3. The van der Waals surface area contributed by atoms with E-state index in [9.17, 15) is 9.59 Å². The lowest BCUT2D eigenvalue weighted by molar-refractivity contribution is -0.122. The molecule has 2 fully saturated rings. The molecule has 0 radical (unpaired) electrons. The summed E-state index contributed by atoms with van der Waals surface area (Å²) in [5.41, 5.74) is 2.74. The van der Waals surface area contributed by atoms with Crippen LogP contribution in [0.1, 0.15) is 59.0 Å². The van der Waals surface area contributed by atoms with Gasteiger partial charge in [-0.3, -0.25) is 14.4 Å². The van der Waals surface area contributed by atoms with Gasteiger partial charge in [0.2, 0.25) is 5.56 Å². The number of pyridine rings is 1. The van der Waals surface area contributed by atoms with Gasteiger partial charge in [0.1, 0.15) is 17.3 Å². The van der Waals surface area contributed by atoms with Gasteiger partial charge in [0, 0.05) is 43.4 Å². The molecule has 0 unspecified atom stereocenters. The zero-order valence-electron chi connectivity index (χ0n) is 17.3. The minimum Gasteiger partial charge on any atom is -0.483 e. The van der Waals surface area contributed by atoms with Gasteiger partial charge in [-0.2, -0.15) is 0 Å². The first kappa shape index (κ1) is 21.0. The second-order valence-electron chi connectivity index (χ2n) is 8.31. The summed E-state index contributed by atoms with van der Waals surface area (Å²) in [6.45, 7) is 2.31. The van der Waals surface area contributed by atoms with Crippen molar-refractivity contribution in [2.45, 2.75) is 44.4 Å². The van der Waals surface area contributed by atoms with E-state index in [2.05, 4.69) is 20.2 Å². The highest BCUT2D eigenvalue weighted by molar-refractivity contribution is 5.96. The maximum atomic E-state index is 12.3. The molecule has 1 saturated carbocycles. The second kappa shape index (κ2) is 9.28. The first-order valence-electron chi connectivity index (χ1n) is 10.8. The van der Waals surface area contributed by atoms with Crippen LogP contribution >= 0.6 is 0 Å². The molecule has 1 amide bonds. The van der Waals surface area contributed by atoms with Crippen molar-refractivity contribution in [3.8, 4) is 0 Å². The average molecular weight is 425 g/mol. The minimum atomic E-state index is -0.250. The van der Waals surface area contributed by atoms with Crippen molar-refractivity contribution in [3.63, 3.8) is 0 Å². The van der Waals surface area contributed by atoms with Crippen LogP contribution in [0.4, 0.5) is 5.82 Å². The highest BCUT2D eigenvalue weighted by atomic mass is 16.3. The number of piperidine rings is 1. The molecule has 31 heavy (non-hydrogen) atoms. The second-order valence-corrected chi connectivity index (χ2v) is 8.31. The monoisotopic (exact) mass is 425 g/mol. The molecule has 5 rings (SSSR count). The summed E-state index contributed by atoms with van der Waals surface area (Å²) in [5, 5.41) is 9.81. The smallest absolute Gasteiger partial charge is 0.290 e. The number of anilines is 1. The number of carbonyl (C=O) groups excluding carboxylic acids is 1. The van der Waals surface area contributed by atoms with Crippen LogP contribution < -0.4 is 15.8 Å². The lowest BCUT2D eigenvalue weighted by Crippen LogP contribution is -2.39. The molecule has 2 aliphatic heterocycles. The Kier molecular flexibility index (Phi) is 6.29. The van der Waals surface area contributed by atoms with Crippen LogP contribution in [-0.2, 0) is 17.6 Å². The maximum Gasteiger partial charge on any atom is 0.290 e. The summed E-state index contributed by atoms with van der Waals surface area (Å²) in [6.07, 6.45) is 8.05. The largest absolute Gasteiger partial charge is 0.483 e. The number of hydrogen-bond donors (Lipinski definition) is 3. The Bertz CT molecular complexity index is 989. The Balaban J connectivity index is 0.000000730. The quantitative estimate of drug-likeness (QED) is 0.633. The average Bonchev–Trinajstić information content (AvgIpc) is 3.62. The SMILES string of the molecule is O=C1NCCc2c1nc(C1CC1)nc2N1CCC(Cc2ccc(=O)[nH]c2)CC1.O=CO. The highest BCUT2D eigenvalue weighted by Crippen LogP contribution is 2.40. The van der Waals surface area contributed by atoms with Gasteiger partial charge >= 0.3 is 0 Å². The maximum absolute atomic E-state index is 12.3. The molecule has 0 bridgehead atoms. The van der Waals surface area contributed by atoms with Crippen molar-refractivity contribution in [3.05, 3.63) is 51.3 Å². The van der Waals surface area contributed by atoms with Gasteiger partial charge < -0.3 is 20.3 Å². The summed E-state index contributed by atoms with van der Waals surface area (Å²) in [6, 6.07) is 3.52. The molecule has 9 heteroatoms. The van der Waals surface area contributed by atoms with Gasteiger partial charge in [-0.1, -0.05) is 6.07 Å². The Hall–Kier alpha value is -3.23. The Morgan fingerprint density at radius 2 is 1.87 bits per heavy atom. The van der Waals surface area contributed by atoms with Crippen LogP contribution in [0.2, 0.25) is 0 Å². The molecule has 3 aliphatic rings. The van der Waals surface area contributed by atoms with Gasteiger partial charge in [-0.15, -0.1) is 0 Å². The van der Waals surface area contributed by atoms with Crippen molar-refractivity contribution in [1.82, 2.24) is 20.3 Å². The van der Waals surface area contributed by atoms with Crippen LogP contribution in [0.15, 0.2) is 23.1 Å². The Labute approximate surface area is 179 Å². The van der Waals surface area contributed by atoms with Gasteiger partial charge in [0.05, 0.1) is 0 Å². The first-order valence-corrected chi connectivity index (χ1v) is 10.8. The number of carbonyl (C=O) groups is 2. The molecule has 1 saturated heterocycles. The molecule has 164 valence electrons. The molecule has 3 N–H and O–H groups in total. The summed E-state index contributed by atoms with van der Waals surface area (Å²) >= 11 is 0. The Morgan fingerprint density at radius 3 is 2.52 bits per heavy atom. The van der Waals surface area contributed by atoms with E-state index in [1.54, 1.807) is 6.07 Å². The lowest BCUT2D eigenvalue weighted by Gasteiger charge is -2.35. The van der Waals surface area contributed by atoms with Gasteiger partial charge in [0.25, 0.3) is 12.4 Å². The molecule has 0 spiro atoms. The topological polar surface area (TPSA) is 128 Å². The zero-order chi connectivity index (χ0) is 21.8. The zero-order valence-corrected chi connectivity index (χ0v) is 17.3. The number of nitrogens with one attached hydrogen (secondary N) is 2. The molecule has 4 heterocycles. The standard InChI is InChI=1S/C21H25N5O2.CH2O2/c27-17-4-1-14(12-23-17)11-13-6-9-26(10-7-13)20-16-5-8-22-21(28)18(16)24-19(25-20)15-2-3-15;2-1-3/h1,4,12-13,15H,2-3,5-11H2,(H,22,28)(H,23,27);1H,(H,2,3). The third kappa shape index (κ3) is 4.92. The van der Waals surface area contributed by atoms with E-state index in [0.29, 0.717) is 24.1 Å². The van der Waals surface area contributed by atoms with Crippen molar-refractivity contribution in [1.29, 1.82) is 0 Å². The van der Waals surface area contributed by atoms with Gasteiger partial charge in [-0.25, -0.2) is 9.97 Å². The minimum absolute atomic E-state index is 0.0531. The molecule has 2 aromatic rings. The molecule has 9 nitrogen and oxygen atoms in total. The molecule has 0 atom stereocenters. The van der Waals surface area contributed by atoms with Crippen LogP contribution in [-0.4, -0.2) is 52.1 Å². The van der Waals surface area contributed by atoms with Crippen LogP contribution in [0.3, 0.4) is 0 Å².